The van der Waals surface area contributed by atoms with Gasteiger partial charge in [0.25, 0.3) is 0 Å². The van der Waals surface area contributed by atoms with Gasteiger partial charge in [-0.15, -0.1) is 5.10 Å². The van der Waals surface area contributed by atoms with Gasteiger partial charge in [0.05, 0.1) is 12.8 Å². The molecule has 1 aromatic carbocycles. The zero-order valence-electron chi connectivity index (χ0n) is 8.40. The smallest absolute Gasteiger partial charge is 0.225 e. The molecule has 84 valence electrons. The quantitative estimate of drug-likeness (QED) is 0.835. The number of rotatable bonds is 2. The van der Waals surface area contributed by atoms with E-state index in [-0.39, 0.29) is 0 Å². The highest BCUT2D eigenvalue weighted by atomic mass is 79.9. The second-order valence-electron chi connectivity index (χ2n) is 3.07. The first-order valence-electron chi connectivity index (χ1n) is 4.39. The number of aromatic nitrogens is 3. The third-order valence-electron chi connectivity index (χ3n) is 2.05. The van der Waals surface area contributed by atoms with Gasteiger partial charge < -0.3 is 10.5 Å². The Morgan fingerprint density at radius 1 is 1.50 bits per heavy atom. The van der Waals surface area contributed by atoms with Crippen LogP contribution in [0.1, 0.15) is 0 Å². The first-order valence-corrected chi connectivity index (χ1v) is 5.60. The first-order chi connectivity index (χ1) is 7.61. The van der Waals surface area contributed by atoms with Crippen molar-refractivity contribution in [3.05, 3.63) is 27.4 Å². The van der Waals surface area contributed by atoms with E-state index in [0.29, 0.717) is 16.5 Å². The molecule has 2 aromatic rings. The first kappa shape index (κ1) is 11.2. The Morgan fingerprint density at radius 3 is 2.81 bits per heavy atom. The van der Waals surface area contributed by atoms with Crippen LogP contribution in [0.3, 0.4) is 0 Å². The molecule has 7 heteroatoms. The summed E-state index contributed by atoms with van der Waals surface area (Å²) in [4.78, 5) is 0. The van der Waals surface area contributed by atoms with Crippen LogP contribution in [0.4, 0.5) is 5.95 Å². The summed E-state index contributed by atoms with van der Waals surface area (Å²) in [5.41, 5.74) is 6.51. The van der Waals surface area contributed by atoms with E-state index in [0.717, 1.165) is 10.2 Å². The molecule has 0 bridgehead atoms. The second-order valence-corrected chi connectivity index (χ2v) is 4.37. The van der Waals surface area contributed by atoms with Gasteiger partial charge in [-0.3, -0.25) is 4.57 Å². The van der Waals surface area contributed by atoms with E-state index in [2.05, 4.69) is 26.1 Å². The van der Waals surface area contributed by atoms with Gasteiger partial charge in [0.15, 0.2) is 0 Å². The highest BCUT2D eigenvalue weighted by Crippen LogP contribution is 2.24. The fourth-order valence-corrected chi connectivity index (χ4v) is 2.06. The summed E-state index contributed by atoms with van der Waals surface area (Å²) in [5.74, 6) is 1.03. The van der Waals surface area contributed by atoms with Crippen molar-refractivity contribution >= 4 is 34.1 Å². The lowest BCUT2D eigenvalue weighted by molar-refractivity contribution is 0.414. The predicted molar refractivity (Wildman–Crippen MR) is 67.4 cm³/mol. The lowest BCUT2D eigenvalue weighted by Crippen LogP contribution is -2.01. The number of nitrogens with zero attached hydrogens (tertiary/aromatic N) is 2. The molecular formula is C9H9BrN4OS. The lowest BCUT2D eigenvalue weighted by atomic mass is 10.3. The number of hydrogen-bond donors (Lipinski definition) is 2. The normalized spacial score (nSPS) is 10.4. The molecular weight excluding hydrogens is 292 g/mol. The Hall–Kier alpha value is -1.34. The average Bonchev–Trinajstić information content (AvgIpc) is 2.57. The number of benzene rings is 1. The molecule has 16 heavy (non-hydrogen) atoms. The second kappa shape index (κ2) is 4.26. The van der Waals surface area contributed by atoms with Crippen LogP contribution < -0.4 is 10.5 Å². The van der Waals surface area contributed by atoms with Crippen LogP contribution in [0.15, 0.2) is 22.7 Å². The Balaban J connectivity index is 2.64. The van der Waals surface area contributed by atoms with E-state index >= 15 is 0 Å². The Bertz CT molecular complexity index is 577. The molecule has 2 rings (SSSR count). The number of hydrogen-bond acceptors (Lipinski definition) is 4. The number of halogens is 1. The van der Waals surface area contributed by atoms with Crippen LogP contribution >= 0.6 is 28.1 Å². The van der Waals surface area contributed by atoms with Gasteiger partial charge in [-0.2, -0.15) is 0 Å². The summed E-state index contributed by atoms with van der Waals surface area (Å²) in [6, 6.07) is 5.56. The third-order valence-corrected chi connectivity index (χ3v) is 2.78. The summed E-state index contributed by atoms with van der Waals surface area (Å²) >= 11 is 8.48. The highest BCUT2D eigenvalue weighted by Gasteiger charge is 2.07. The monoisotopic (exact) mass is 300 g/mol. The number of H-pyrrole nitrogens is 1. The summed E-state index contributed by atoms with van der Waals surface area (Å²) in [6.45, 7) is 0. The van der Waals surface area contributed by atoms with Gasteiger partial charge in [-0.05, 0) is 24.4 Å². The number of nitrogen functional groups attached to an aromatic ring is 1. The van der Waals surface area contributed by atoms with Crippen LogP contribution in [0, 0.1) is 4.77 Å². The molecule has 3 N–H and O–H groups in total. The molecule has 0 aliphatic rings. The van der Waals surface area contributed by atoms with Crippen molar-refractivity contribution in [2.24, 2.45) is 0 Å². The summed E-state index contributed by atoms with van der Waals surface area (Å²) in [5, 5.41) is 6.47. The summed E-state index contributed by atoms with van der Waals surface area (Å²) < 4.78 is 8.11. The minimum absolute atomic E-state index is 0.310. The van der Waals surface area contributed by atoms with E-state index in [1.54, 1.807) is 11.7 Å². The molecule has 0 spiro atoms. The van der Waals surface area contributed by atoms with Crippen LogP contribution in [-0.4, -0.2) is 21.9 Å². The molecule has 0 saturated carbocycles. The zero-order chi connectivity index (χ0) is 11.7. The molecule has 0 aliphatic carbocycles. The molecule has 1 heterocycles. The van der Waals surface area contributed by atoms with Gasteiger partial charge in [0.1, 0.15) is 5.75 Å². The predicted octanol–water partition coefficient (Wildman–Crippen LogP) is 2.28. The highest BCUT2D eigenvalue weighted by molar-refractivity contribution is 9.10. The van der Waals surface area contributed by atoms with Crippen LogP contribution in [0.2, 0.25) is 0 Å². The van der Waals surface area contributed by atoms with Gasteiger partial charge in [0, 0.05) is 10.5 Å². The fraction of sp³-hybridized carbons (Fsp3) is 0.111. The molecule has 0 aliphatic heterocycles. The van der Waals surface area contributed by atoms with E-state index in [1.165, 1.54) is 0 Å². The number of methoxy groups -OCH3 is 1. The molecule has 5 nitrogen and oxygen atoms in total. The Morgan fingerprint density at radius 2 is 2.25 bits per heavy atom. The SMILES string of the molecule is COc1cc(Br)cc(-n2c(N)n[nH]c2=S)c1. The number of nitrogens with one attached hydrogen (secondary N) is 1. The molecule has 0 saturated heterocycles. The molecule has 0 atom stereocenters. The van der Waals surface area contributed by atoms with Gasteiger partial charge >= 0.3 is 0 Å². The van der Waals surface area contributed by atoms with Crippen LogP contribution in [-0.2, 0) is 0 Å². The maximum absolute atomic E-state index is 5.71. The van der Waals surface area contributed by atoms with Crippen LogP contribution in [0.25, 0.3) is 5.69 Å². The topological polar surface area (TPSA) is 68.9 Å². The van der Waals surface area contributed by atoms with E-state index in [9.17, 15) is 0 Å². The van der Waals surface area contributed by atoms with Crippen molar-refractivity contribution in [1.29, 1.82) is 0 Å². The Labute approximate surface area is 105 Å². The van der Waals surface area contributed by atoms with Crippen molar-refractivity contribution in [1.82, 2.24) is 14.8 Å². The van der Waals surface area contributed by atoms with Gasteiger partial charge in [-0.25, -0.2) is 5.10 Å². The Kier molecular flexibility index (Phi) is 2.97. The van der Waals surface area contributed by atoms with Crippen molar-refractivity contribution in [2.75, 3.05) is 12.8 Å². The minimum Gasteiger partial charge on any atom is -0.497 e. The van der Waals surface area contributed by atoms with E-state index in [4.69, 9.17) is 22.7 Å². The number of nitrogens with two attached hydrogens (primary N) is 1. The van der Waals surface area contributed by atoms with Crippen molar-refractivity contribution < 1.29 is 4.74 Å². The average molecular weight is 301 g/mol. The maximum atomic E-state index is 5.71. The van der Waals surface area contributed by atoms with Crippen molar-refractivity contribution in [2.45, 2.75) is 0 Å². The van der Waals surface area contributed by atoms with Gasteiger partial charge in [0.2, 0.25) is 10.7 Å². The fourth-order valence-electron chi connectivity index (χ4n) is 1.35. The zero-order valence-corrected chi connectivity index (χ0v) is 10.8. The number of ether oxygens (including phenoxy) is 1. The molecule has 1 aromatic heterocycles. The van der Waals surface area contributed by atoms with Crippen LogP contribution in [0.5, 0.6) is 5.75 Å². The van der Waals surface area contributed by atoms with E-state index < -0.39 is 0 Å². The molecule has 0 unspecified atom stereocenters. The lowest BCUT2D eigenvalue weighted by Gasteiger charge is -2.07. The molecule has 0 radical (unpaired) electrons. The maximum Gasteiger partial charge on any atom is 0.225 e. The molecule has 0 amide bonds. The van der Waals surface area contributed by atoms with Crippen molar-refractivity contribution in [3.8, 4) is 11.4 Å². The summed E-state index contributed by atoms with van der Waals surface area (Å²) in [6.07, 6.45) is 0. The number of aromatic amines is 1. The van der Waals surface area contributed by atoms with Crippen molar-refractivity contribution in [3.63, 3.8) is 0 Å². The van der Waals surface area contributed by atoms with Gasteiger partial charge in [-0.1, -0.05) is 15.9 Å². The molecule has 0 fully saturated rings. The van der Waals surface area contributed by atoms with E-state index in [1.807, 2.05) is 18.2 Å². The largest absolute Gasteiger partial charge is 0.497 e. The third kappa shape index (κ3) is 1.96. The minimum atomic E-state index is 0.310. The summed E-state index contributed by atoms with van der Waals surface area (Å²) in [7, 11) is 1.60. The number of anilines is 1. The standard InChI is InChI=1S/C9H9BrN4OS/c1-15-7-3-5(10)2-6(4-7)14-8(11)12-13-9(14)16/h2-4H,1H3,(H2,11,12)(H,13,16).